The van der Waals surface area contributed by atoms with Crippen LogP contribution in [0.25, 0.3) is 0 Å². The van der Waals surface area contributed by atoms with Gasteiger partial charge in [0.05, 0.1) is 11.5 Å². The van der Waals surface area contributed by atoms with E-state index in [0.29, 0.717) is 38.4 Å². The fourth-order valence-corrected chi connectivity index (χ4v) is 3.57. The van der Waals surface area contributed by atoms with Crippen LogP contribution < -0.4 is 5.32 Å². The molecule has 22 heavy (non-hydrogen) atoms. The topological polar surface area (TPSA) is 92.3 Å². The lowest BCUT2D eigenvalue weighted by molar-refractivity contribution is -0.130. The number of sulfone groups is 1. The Balaban J connectivity index is 1.71. The van der Waals surface area contributed by atoms with Gasteiger partial charge in [-0.15, -0.1) is 0 Å². The minimum Gasteiger partial charge on any atom is -0.354 e. The van der Waals surface area contributed by atoms with E-state index in [1.165, 1.54) is 0 Å². The molecule has 2 heterocycles. The summed E-state index contributed by atoms with van der Waals surface area (Å²) >= 11 is 0. The first-order valence-electron chi connectivity index (χ1n) is 7.40. The van der Waals surface area contributed by atoms with Crippen molar-refractivity contribution in [2.45, 2.75) is 26.7 Å². The van der Waals surface area contributed by atoms with E-state index < -0.39 is 9.84 Å². The van der Waals surface area contributed by atoms with E-state index in [4.69, 9.17) is 0 Å². The van der Waals surface area contributed by atoms with Gasteiger partial charge in [0, 0.05) is 37.4 Å². The van der Waals surface area contributed by atoms with Gasteiger partial charge in [0.25, 0.3) is 0 Å². The van der Waals surface area contributed by atoms with Gasteiger partial charge in [-0.25, -0.2) is 18.4 Å². The number of rotatable bonds is 5. The molecule has 1 saturated heterocycles. The molecule has 1 aromatic rings. The van der Waals surface area contributed by atoms with Crippen molar-refractivity contribution in [2.75, 3.05) is 36.5 Å². The zero-order valence-electron chi connectivity index (χ0n) is 13.0. The molecule has 1 fully saturated rings. The molecule has 0 unspecified atom stereocenters. The van der Waals surface area contributed by atoms with Crippen molar-refractivity contribution >= 4 is 21.7 Å². The highest BCUT2D eigenvalue weighted by Crippen LogP contribution is 2.08. The zero-order valence-corrected chi connectivity index (χ0v) is 13.8. The Morgan fingerprint density at radius 3 is 2.41 bits per heavy atom. The predicted molar refractivity (Wildman–Crippen MR) is 84.5 cm³/mol. The van der Waals surface area contributed by atoms with E-state index in [1.54, 1.807) is 4.90 Å². The quantitative estimate of drug-likeness (QED) is 0.794. The van der Waals surface area contributed by atoms with Crippen molar-refractivity contribution in [1.29, 1.82) is 0 Å². The summed E-state index contributed by atoms with van der Waals surface area (Å²) in [4.78, 5) is 22.2. The SMILES string of the molecule is Cc1cc(C)nc(NCCCC(=O)N2CCS(=O)(=O)CC2)n1. The molecule has 0 radical (unpaired) electrons. The molecule has 2 rings (SSSR count). The number of amides is 1. The van der Waals surface area contributed by atoms with Crippen molar-refractivity contribution in [3.8, 4) is 0 Å². The van der Waals surface area contributed by atoms with E-state index in [2.05, 4.69) is 15.3 Å². The summed E-state index contributed by atoms with van der Waals surface area (Å²) in [5.74, 6) is 0.743. The predicted octanol–water partition coefficient (Wildman–Crippen LogP) is 0.543. The third-order valence-corrected chi connectivity index (χ3v) is 5.14. The van der Waals surface area contributed by atoms with E-state index >= 15 is 0 Å². The summed E-state index contributed by atoms with van der Waals surface area (Å²) in [6.45, 7) is 5.06. The highest BCUT2D eigenvalue weighted by Gasteiger charge is 2.24. The molecule has 0 aliphatic carbocycles. The third-order valence-electron chi connectivity index (χ3n) is 3.53. The minimum atomic E-state index is -2.94. The van der Waals surface area contributed by atoms with E-state index in [9.17, 15) is 13.2 Å². The summed E-state index contributed by atoms with van der Waals surface area (Å²) in [6.07, 6.45) is 1.07. The summed E-state index contributed by atoms with van der Waals surface area (Å²) in [5, 5.41) is 3.11. The fraction of sp³-hybridized carbons (Fsp3) is 0.643. The number of hydrogen-bond donors (Lipinski definition) is 1. The number of nitrogens with zero attached hydrogens (tertiary/aromatic N) is 3. The van der Waals surface area contributed by atoms with Crippen molar-refractivity contribution < 1.29 is 13.2 Å². The second-order valence-electron chi connectivity index (χ2n) is 5.54. The molecule has 122 valence electrons. The monoisotopic (exact) mass is 326 g/mol. The number of hydrogen-bond acceptors (Lipinski definition) is 6. The Bertz CT molecular complexity index is 611. The smallest absolute Gasteiger partial charge is 0.223 e. The average Bonchev–Trinajstić information content (AvgIpc) is 2.42. The van der Waals surface area contributed by atoms with Gasteiger partial charge in [0.1, 0.15) is 0 Å². The number of anilines is 1. The van der Waals surface area contributed by atoms with Crippen molar-refractivity contribution in [1.82, 2.24) is 14.9 Å². The normalized spacial score (nSPS) is 17.3. The van der Waals surface area contributed by atoms with Gasteiger partial charge in [-0.2, -0.15) is 0 Å². The summed E-state index contributed by atoms with van der Waals surface area (Å²) in [5.41, 5.74) is 1.81. The maximum atomic E-state index is 12.0. The largest absolute Gasteiger partial charge is 0.354 e. The molecule has 0 atom stereocenters. The molecule has 0 aromatic carbocycles. The van der Waals surface area contributed by atoms with E-state index in [-0.39, 0.29) is 17.4 Å². The number of nitrogens with one attached hydrogen (secondary N) is 1. The van der Waals surface area contributed by atoms with Gasteiger partial charge in [0.15, 0.2) is 9.84 Å². The highest BCUT2D eigenvalue weighted by atomic mass is 32.2. The molecule has 1 aliphatic rings. The van der Waals surface area contributed by atoms with Crippen LogP contribution in [0.15, 0.2) is 6.07 Å². The molecule has 8 heteroatoms. The van der Waals surface area contributed by atoms with Crippen molar-refractivity contribution in [2.24, 2.45) is 0 Å². The Morgan fingerprint density at radius 2 is 1.82 bits per heavy atom. The van der Waals surface area contributed by atoms with Crippen LogP contribution >= 0.6 is 0 Å². The number of aromatic nitrogens is 2. The van der Waals surface area contributed by atoms with Crippen LogP contribution in [-0.4, -0.2) is 60.3 Å². The zero-order chi connectivity index (χ0) is 16.2. The van der Waals surface area contributed by atoms with Crippen molar-refractivity contribution in [3.05, 3.63) is 17.5 Å². The Kier molecular flexibility index (Phi) is 5.33. The standard InChI is InChI=1S/C14H22N4O3S/c1-11-10-12(2)17-14(16-11)15-5-3-4-13(19)18-6-8-22(20,21)9-7-18/h10H,3-9H2,1-2H3,(H,15,16,17). The first-order chi connectivity index (χ1) is 10.4. The second-order valence-corrected chi connectivity index (χ2v) is 7.84. The Morgan fingerprint density at radius 1 is 1.23 bits per heavy atom. The molecule has 1 aliphatic heterocycles. The lowest BCUT2D eigenvalue weighted by Gasteiger charge is -2.26. The molecule has 0 saturated carbocycles. The maximum absolute atomic E-state index is 12.0. The number of carbonyl (C=O) groups excluding carboxylic acids is 1. The van der Waals surface area contributed by atoms with Gasteiger partial charge in [-0.3, -0.25) is 4.79 Å². The maximum Gasteiger partial charge on any atom is 0.223 e. The lowest BCUT2D eigenvalue weighted by atomic mass is 10.2. The number of carbonyl (C=O) groups is 1. The third kappa shape index (κ3) is 4.94. The first kappa shape index (κ1) is 16.7. The van der Waals surface area contributed by atoms with Crippen LogP contribution in [0.3, 0.4) is 0 Å². The summed E-state index contributed by atoms with van der Waals surface area (Å²) in [7, 11) is -2.94. The van der Waals surface area contributed by atoms with E-state index in [0.717, 1.165) is 11.4 Å². The Labute approximate surface area is 131 Å². The molecule has 1 aromatic heterocycles. The van der Waals surface area contributed by atoms with Gasteiger partial charge >= 0.3 is 0 Å². The summed E-state index contributed by atoms with van der Waals surface area (Å²) in [6, 6.07) is 1.90. The molecule has 0 bridgehead atoms. The molecule has 0 spiro atoms. The molecule has 7 nitrogen and oxygen atoms in total. The number of aryl methyl sites for hydroxylation is 2. The molecular formula is C14H22N4O3S. The first-order valence-corrected chi connectivity index (χ1v) is 9.22. The fourth-order valence-electron chi connectivity index (χ4n) is 2.36. The van der Waals surface area contributed by atoms with Crippen LogP contribution in [0.4, 0.5) is 5.95 Å². The highest BCUT2D eigenvalue weighted by molar-refractivity contribution is 7.91. The minimum absolute atomic E-state index is 0.0121. The van der Waals surface area contributed by atoms with Gasteiger partial charge < -0.3 is 10.2 Å². The van der Waals surface area contributed by atoms with Crippen LogP contribution in [0.2, 0.25) is 0 Å². The van der Waals surface area contributed by atoms with Crippen LogP contribution in [0.5, 0.6) is 0 Å². The van der Waals surface area contributed by atoms with Crippen molar-refractivity contribution in [3.63, 3.8) is 0 Å². The van der Waals surface area contributed by atoms with E-state index in [1.807, 2.05) is 19.9 Å². The van der Waals surface area contributed by atoms with Gasteiger partial charge in [0.2, 0.25) is 11.9 Å². The molecular weight excluding hydrogens is 304 g/mol. The van der Waals surface area contributed by atoms with Gasteiger partial charge in [-0.1, -0.05) is 0 Å². The van der Waals surface area contributed by atoms with Crippen LogP contribution in [0.1, 0.15) is 24.2 Å². The van der Waals surface area contributed by atoms with Gasteiger partial charge in [-0.05, 0) is 26.3 Å². The Hall–Kier alpha value is -1.70. The van der Waals surface area contributed by atoms with Crippen LogP contribution in [-0.2, 0) is 14.6 Å². The lowest BCUT2D eigenvalue weighted by Crippen LogP contribution is -2.43. The summed E-state index contributed by atoms with van der Waals surface area (Å²) < 4.78 is 22.7. The molecule has 1 amide bonds. The second kappa shape index (κ2) is 7.04. The molecule has 1 N–H and O–H groups in total. The van der Waals surface area contributed by atoms with Crippen LogP contribution in [0, 0.1) is 13.8 Å². The average molecular weight is 326 g/mol.